The number of para-hydroxylation sites is 1. The molecule has 3 nitrogen and oxygen atoms in total. The molecule has 0 spiro atoms. The molecule has 0 aliphatic rings. The van der Waals surface area contributed by atoms with E-state index >= 15 is 0 Å². The molecule has 0 radical (unpaired) electrons. The molecule has 1 N–H and O–H groups in total. The van der Waals surface area contributed by atoms with Crippen molar-refractivity contribution in [3.8, 4) is 5.75 Å². The van der Waals surface area contributed by atoms with Crippen LogP contribution in [0.3, 0.4) is 0 Å². The largest absolute Gasteiger partial charge is 0.481 e. The molecule has 2 rings (SSSR count). The van der Waals surface area contributed by atoms with Crippen LogP contribution in [0.5, 0.6) is 5.75 Å². The van der Waals surface area contributed by atoms with Crippen molar-refractivity contribution < 1.29 is 9.53 Å². The van der Waals surface area contributed by atoms with Crippen LogP contribution in [-0.2, 0) is 11.2 Å². The maximum atomic E-state index is 12.3. The summed E-state index contributed by atoms with van der Waals surface area (Å²) in [6.45, 7) is 5.69. The van der Waals surface area contributed by atoms with Gasteiger partial charge >= 0.3 is 0 Å². The molecule has 2 aromatic carbocycles. The van der Waals surface area contributed by atoms with Gasteiger partial charge in [-0.2, -0.15) is 0 Å². The first-order chi connectivity index (χ1) is 10.5. The molecular weight excluding hydrogens is 298 g/mol. The van der Waals surface area contributed by atoms with E-state index in [0.29, 0.717) is 10.8 Å². The van der Waals surface area contributed by atoms with Gasteiger partial charge in [-0.15, -0.1) is 0 Å². The van der Waals surface area contributed by atoms with E-state index in [-0.39, 0.29) is 5.91 Å². The fourth-order valence-corrected chi connectivity index (χ4v) is 2.25. The van der Waals surface area contributed by atoms with E-state index in [2.05, 4.69) is 12.2 Å². The highest BCUT2D eigenvalue weighted by molar-refractivity contribution is 6.31. The van der Waals surface area contributed by atoms with Gasteiger partial charge in [0, 0.05) is 10.7 Å². The first kappa shape index (κ1) is 16.4. The molecule has 116 valence electrons. The molecule has 0 saturated heterocycles. The van der Waals surface area contributed by atoms with Crippen LogP contribution in [0.15, 0.2) is 42.5 Å². The molecule has 0 bridgehead atoms. The van der Waals surface area contributed by atoms with Crippen molar-refractivity contribution in [2.24, 2.45) is 0 Å². The Balaban J connectivity index is 2.04. The Hall–Kier alpha value is -2.00. The molecule has 1 atom stereocenters. The van der Waals surface area contributed by atoms with Gasteiger partial charge in [0.25, 0.3) is 5.91 Å². The monoisotopic (exact) mass is 317 g/mol. The zero-order valence-electron chi connectivity index (χ0n) is 13.0. The number of halogens is 1. The van der Waals surface area contributed by atoms with Gasteiger partial charge in [-0.05, 0) is 55.7 Å². The second kappa shape index (κ2) is 7.32. The Bertz CT molecular complexity index is 670. The highest BCUT2D eigenvalue weighted by Crippen LogP contribution is 2.22. The van der Waals surface area contributed by atoms with Crippen molar-refractivity contribution in [3.05, 3.63) is 58.6 Å². The minimum atomic E-state index is -0.592. The molecular formula is C18H20ClNO2. The molecule has 0 heterocycles. The van der Waals surface area contributed by atoms with Gasteiger partial charge < -0.3 is 10.1 Å². The normalized spacial score (nSPS) is 11.8. The van der Waals surface area contributed by atoms with Gasteiger partial charge in [-0.3, -0.25) is 4.79 Å². The summed E-state index contributed by atoms with van der Waals surface area (Å²) < 4.78 is 5.69. The fourth-order valence-electron chi connectivity index (χ4n) is 2.13. The van der Waals surface area contributed by atoms with E-state index in [9.17, 15) is 4.79 Å². The second-order valence-corrected chi connectivity index (χ2v) is 5.58. The van der Waals surface area contributed by atoms with E-state index in [1.807, 2.05) is 37.3 Å². The predicted octanol–water partition coefficient (Wildman–Crippen LogP) is 4.62. The minimum Gasteiger partial charge on any atom is -0.481 e. The molecule has 0 aliphatic carbocycles. The number of hydrogen-bond acceptors (Lipinski definition) is 2. The van der Waals surface area contributed by atoms with E-state index < -0.39 is 6.10 Å². The lowest BCUT2D eigenvalue weighted by Gasteiger charge is -2.16. The number of carbonyl (C=O) groups excluding carboxylic acids is 1. The topological polar surface area (TPSA) is 38.3 Å². The van der Waals surface area contributed by atoms with E-state index in [4.69, 9.17) is 16.3 Å². The smallest absolute Gasteiger partial charge is 0.265 e. The zero-order valence-corrected chi connectivity index (χ0v) is 13.8. The number of aryl methyl sites for hydroxylation is 2. The molecule has 22 heavy (non-hydrogen) atoms. The van der Waals surface area contributed by atoms with E-state index in [1.165, 1.54) is 0 Å². The van der Waals surface area contributed by atoms with Crippen molar-refractivity contribution in [2.75, 3.05) is 5.32 Å². The summed E-state index contributed by atoms with van der Waals surface area (Å²) in [6, 6.07) is 13.1. The van der Waals surface area contributed by atoms with Crippen molar-refractivity contribution >= 4 is 23.2 Å². The van der Waals surface area contributed by atoms with Crippen molar-refractivity contribution in [2.45, 2.75) is 33.3 Å². The van der Waals surface area contributed by atoms with Gasteiger partial charge in [-0.25, -0.2) is 0 Å². The summed E-state index contributed by atoms with van der Waals surface area (Å²) >= 11 is 5.99. The Labute approximate surface area is 136 Å². The third kappa shape index (κ3) is 4.01. The van der Waals surface area contributed by atoms with Crippen LogP contribution in [-0.4, -0.2) is 12.0 Å². The van der Waals surface area contributed by atoms with Crippen LogP contribution in [0.25, 0.3) is 0 Å². The lowest BCUT2D eigenvalue weighted by atomic mass is 10.1. The maximum absolute atomic E-state index is 12.3. The Morgan fingerprint density at radius 3 is 2.68 bits per heavy atom. The summed E-state index contributed by atoms with van der Waals surface area (Å²) in [7, 11) is 0. The fraction of sp³-hybridized carbons (Fsp3) is 0.278. The summed E-state index contributed by atoms with van der Waals surface area (Å²) in [5.74, 6) is 0.460. The van der Waals surface area contributed by atoms with Crippen molar-refractivity contribution in [1.29, 1.82) is 0 Å². The number of carbonyl (C=O) groups is 1. The van der Waals surface area contributed by atoms with E-state index in [1.54, 1.807) is 19.1 Å². The van der Waals surface area contributed by atoms with Crippen LogP contribution in [0, 0.1) is 6.92 Å². The van der Waals surface area contributed by atoms with Crippen molar-refractivity contribution in [1.82, 2.24) is 0 Å². The highest BCUT2D eigenvalue weighted by atomic mass is 35.5. The molecule has 2 aromatic rings. The quantitative estimate of drug-likeness (QED) is 0.874. The van der Waals surface area contributed by atoms with Gasteiger partial charge in [0.2, 0.25) is 0 Å². The van der Waals surface area contributed by atoms with E-state index in [0.717, 1.165) is 23.2 Å². The third-order valence-electron chi connectivity index (χ3n) is 3.47. The number of rotatable bonds is 5. The number of anilines is 1. The molecule has 0 saturated carbocycles. The molecule has 1 unspecified atom stereocenters. The van der Waals surface area contributed by atoms with Crippen LogP contribution in [0.1, 0.15) is 25.0 Å². The standard InChI is InChI=1S/C18H20ClNO2/c1-4-14-7-5-6-8-17(14)20-18(21)13(3)22-15-9-10-16(19)12(2)11-15/h5-11,13H,4H2,1-3H3,(H,20,21). The SMILES string of the molecule is CCc1ccccc1NC(=O)C(C)Oc1ccc(Cl)c(C)c1. The molecule has 0 fully saturated rings. The molecule has 0 aliphatic heterocycles. The molecule has 4 heteroatoms. The molecule has 0 aromatic heterocycles. The number of benzene rings is 2. The number of ether oxygens (including phenoxy) is 1. The maximum Gasteiger partial charge on any atom is 0.265 e. The lowest BCUT2D eigenvalue weighted by Crippen LogP contribution is -2.30. The van der Waals surface area contributed by atoms with Crippen LogP contribution in [0.2, 0.25) is 5.02 Å². The average Bonchev–Trinajstić information content (AvgIpc) is 2.51. The summed E-state index contributed by atoms with van der Waals surface area (Å²) in [4.78, 5) is 12.3. The lowest BCUT2D eigenvalue weighted by molar-refractivity contribution is -0.122. The summed E-state index contributed by atoms with van der Waals surface area (Å²) in [5.41, 5.74) is 2.85. The van der Waals surface area contributed by atoms with Crippen molar-refractivity contribution in [3.63, 3.8) is 0 Å². The first-order valence-electron chi connectivity index (χ1n) is 7.33. The third-order valence-corrected chi connectivity index (χ3v) is 3.89. The van der Waals surface area contributed by atoms with Crippen LogP contribution >= 0.6 is 11.6 Å². The van der Waals surface area contributed by atoms with Gasteiger partial charge in [0.1, 0.15) is 5.75 Å². The Kier molecular flexibility index (Phi) is 5.45. The van der Waals surface area contributed by atoms with Crippen LogP contribution in [0.4, 0.5) is 5.69 Å². The molecule has 1 amide bonds. The summed E-state index contributed by atoms with van der Waals surface area (Å²) in [5, 5.41) is 3.60. The average molecular weight is 318 g/mol. The number of amides is 1. The minimum absolute atomic E-state index is 0.173. The first-order valence-corrected chi connectivity index (χ1v) is 7.70. The Morgan fingerprint density at radius 2 is 2.00 bits per heavy atom. The zero-order chi connectivity index (χ0) is 16.1. The van der Waals surface area contributed by atoms with Gasteiger partial charge in [-0.1, -0.05) is 36.7 Å². The number of nitrogens with one attached hydrogen (secondary N) is 1. The second-order valence-electron chi connectivity index (χ2n) is 5.17. The summed E-state index contributed by atoms with van der Waals surface area (Å²) in [6.07, 6.45) is 0.271. The van der Waals surface area contributed by atoms with Gasteiger partial charge in [0.05, 0.1) is 0 Å². The van der Waals surface area contributed by atoms with Crippen LogP contribution < -0.4 is 10.1 Å². The Morgan fingerprint density at radius 1 is 1.27 bits per heavy atom. The number of hydrogen-bond donors (Lipinski definition) is 1. The highest BCUT2D eigenvalue weighted by Gasteiger charge is 2.16. The predicted molar refractivity (Wildman–Crippen MR) is 90.7 cm³/mol. The van der Waals surface area contributed by atoms with Gasteiger partial charge in [0.15, 0.2) is 6.10 Å².